The van der Waals surface area contributed by atoms with Gasteiger partial charge in [-0.2, -0.15) is 8.78 Å². The molecule has 1 heterocycles. The van der Waals surface area contributed by atoms with Crippen molar-refractivity contribution in [2.24, 2.45) is 0 Å². The molecule has 2 amide bonds. The highest BCUT2D eigenvalue weighted by atomic mass is 19.3. The zero-order valence-corrected chi connectivity index (χ0v) is 18.5. The highest BCUT2D eigenvalue weighted by molar-refractivity contribution is 6.00. The van der Waals surface area contributed by atoms with E-state index in [0.717, 1.165) is 31.5 Å². The minimum absolute atomic E-state index is 0.0187. The van der Waals surface area contributed by atoms with Crippen molar-refractivity contribution < 1.29 is 23.1 Å². The van der Waals surface area contributed by atoms with E-state index in [9.17, 15) is 18.4 Å². The Labute approximate surface area is 196 Å². The molecule has 4 rings (SSSR count). The number of para-hydroxylation sites is 1. The largest absolute Gasteiger partial charge is 0.435 e. The molecule has 0 aromatic heterocycles. The lowest BCUT2D eigenvalue weighted by Gasteiger charge is -2.16. The van der Waals surface area contributed by atoms with Crippen LogP contribution in [0, 0.1) is 0 Å². The second-order valence-corrected chi connectivity index (χ2v) is 7.96. The average molecular weight is 466 g/mol. The zero-order chi connectivity index (χ0) is 23.9. The summed E-state index contributed by atoms with van der Waals surface area (Å²) in [7, 11) is 0. The van der Waals surface area contributed by atoms with Crippen LogP contribution in [0.25, 0.3) is 0 Å². The molecular weight excluding hydrogens is 440 g/mol. The SMILES string of the molecule is O=C(NCc1cccc(C(=O)N2CCCC2)c1)c1ccccc1Nc1ccc(OC(F)F)cc1. The van der Waals surface area contributed by atoms with E-state index in [1.807, 2.05) is 23.1 Å². The number of anilines is 2. The van der Waals surface area contributed by atoms with Crippen molar-refractivity contribution in [2.45, 2.75) is 26.0 Å². The van der Waals surface area contributed by atoms with Gasteiger partial charge in [-0.1, -0.05) is 24.3 Å². The predicted octanol–water partition coefficient (Wildman–Crippen LogP) is 5.20. The average Bonchev–Trinajstić information content (AvgIpc) is 3.39. The number of ether oxygens (including phenoxy) is 1. The molecule has 0 saturated carbocycles. The monoisotopic (exact) mass is 465 g/mol. The van der Waals surface area contributed by atoms with Crippen molar-refractivity contribution in [3.05, 3.63) is 89.5 Å². The molecule has 0 radical (unpaired) electrons. The van der Waals surface area contributed by atoms with Crippen LogP contribution in [0.3, 0.4) is 0 Å². The fourth-order valence-electron chi connectivity index (χ4n) is 3.86. The number of carbonyl (C=O) groups excluding carboxylic acids is 2. The summed E-state index contributed by atoms with van der Waals surface area (Å²) in [6.45, 7) is -1.05. The molecule has 1 aliphatic rings. The third-order valence-electron chi connectivity index (χ3n) is 5.55. The number of benzene rings is 3. The van der Waals surface area contributed by atoms with Crippen molar-refractivity contribution >= 4 is 23.2 Å². The number of nitrogens with one attached hydrogen (secondary N) is 2. The van der Waals surface area contributed by atoms with Crippen molar-refractivity contribution in [3.8, 4) is 5.75 Å². The lowest BCUT2D eigenvalue weighted by atomic mass is 10.1. The van der Waals surface area contributed by atoms with Gasteiger partial charge in [-0.05, 0) is 66.9 Å². The summed E-state index contributed by atoms with van der Waals surface area (Å²) in [6.07, 6.45) is 2.06. The maximum Gasteiger partial charge on any atom is 0.387 e. The Morgan fingerprint density at radius 1 is 0.941 bits per heavy atom. The van der Waals surface area contributed by atoms with Crippen LogP contribution in [-0.2, 0) is 6.54 Å². The van der Waals surface area contributed by atoms with Crippen molar-refractivity contribution in [2.75, 3.05) is 18.4 Å². The Hall–Kier alpha value is -3.94. The smallest absolute Gasteiger partial charge is 0.387 e. The van der Waals surface area contributed by atoms with Gasteiger partial charge in [0.15, 0.2) is 0 Å². The Bertz CT molecular complexity index is 1150. The second kappa shape index (κ2) is 10.8. The minimum atomic E-state index is -2.89. The molecule has 1 saturated heterocycles. The summed E-state index contributed by atoms with van der Waals surface area (Å²) in [5.74, 6) is -0.209. The number of hydrogen-bond donors (Lipinski definition) is 2. The highest BCUT2D eigenvalue weighted by Gasteiger charge is 2.19. The van der Waals surface area contributed by atoms with Crippen molar-refractivity contribution in [1.82, 2.24) is 10.2 Å². The van der Waals surface area contributed by atoms with Gasteiger partial charge in [0, 0.05) is 30.9 Å². The molecule has 6 nitrogen and oxygen atoms in total. The molecule has 0 aliphatic carbocycles. The van der Waals surface area contributed by atoms with Crippen LogP contribution in [0.1, 0.15) is 39.1 Å². The first-order chi connectivity index (χ1) is 16.5. The van der Waals surface area contributed by atoms with E-state index in [0.29, 0.717) is 22.5 Å². The topological polar surface area (TPSA) is 70.7 Å². The van der Waals surface area contributed by atoms with E-state index in [1.54, 1.807) is 42.5 Å². The Morgan fingerprint density at radius 2 is 1.68 bits per heavy atom. The molecule has 3 aromatic rings. The summed E-state index contributed by atoms with van der Waals surface area (Å²) in [6, 6.07) is 20.3. The first-order valence-electron chi connectivity index (χ1n) is 11.1. The molecule has 1 aliphatic heterocycles. The number of hydrogen-bond acceptors (Lipinski definition) is 4. The molecule has 8 heteroatoms. The summed E-state index contributed by atoms with van der Waals surface area (Å²) in [5.41, 5.74) is 3.07. The van der Waals surface area contributed by atoms with Crippen LogP contribution in [0.15, 0.2) is 72.8 Å². The molecule has 34 heavy (non-hydrogen) atoms. The van der Waals surface area contributed by atoms with E-state index in [2.05, 4.69) is 15.4 Å². The summed E-state index contributed by atoms with van der Waals surface area (Å²) in [4.78, 5) is 27.4. The minimum Gasteiger partial charge on any atom is -0.435 e. The third kappa shape index (κ3) is 5.89. The quantitative estimate of drug-likeness (QED) is 0.480. The van der Waals surface area contributed by atoms with Gasteiger partial charge in [-0.3, -0.25) is 9.59 Å². The van der Waals surface area contributed by atoms with Gasteiger partial charge in [0.25, 0.3) is 11.8 Å². The van der Waals surface area contributed by atoms with E-state index in [-0.39, 0.29) is 24.1 Å². The van der Waals surface area contributed by atoms with Gasteiger partial charge < -0.3 is 20.3 Å². The van der Waals surface area contributed by atoms with Crippen LogP contribution in [0.2, 0.25) is 0 Å². The maximum absolute atomic E-state index is 12.9. The lowest BCUT2D eigenvalue weighted by Crippen LogP contribution is -2.28. The van der Waals surface area contributed by atoms with Gasteiger partial charge in [0.1, 0.15) is 5.75 Å². The van der Waals surface area contributed by atoms with Crippen LogP contribution in [-0.4, -0.2) is 36.4 Å². The number of nitrogens with zero attached hydrogens (tertiary/aromatic N) is 1. The zero-order valence-electron chi connectivity index (χ0n) is 18.5. The van der Waals surface area contributed by atoms with Crippen LogP contribution < -0.4 is 15.4 Å². The fourth-order valence-corrected chi connectivity index (χ4v) is 3.86. The van der Waals surface area contributed by atoms with E-state index in [4.69, 9.17) is 0 Å². The first-order valence-corrected chi connectivity index (χ1v) is 11.1. The molecule has 176 valence electrons. The van der Waals surface area contributed by atoms with Gasteiger partial charge in [-0.25, -0.2) is 0 Å². The predicted molar refractivity (Wildman–Crippen MR) is 126 cm³/mol. The molecule has 3 aromatic carbocycles. The lowest BCUT2D eigenvalue weighted by molar-refractivity contribution is -0.0498. The van der Waals surface area contributed by atoms with E-state index in [1.165, 1.54) is 12.1 Å². The standard InChI is InChI=1S/C26H25F2N3O3/c27-26(28)34-21-12-10-20(11-13-21)30-23-9-2-1-8-22(23)24(32)29-17-18-6-5-7-19(16-18)25(33)31-14-3-4-15-31/h1-2,5-13,16,26,30H,3-4,14-15,17H2,(H,29,32). The van der Waals surface area contributed by atoms with Crippen molar-refractivity contribution in [3.63, 3.8) is 0 Å². The van der Waals surface area contributed by atoms with E-state index < -0.39 is 6.61 Å². The fraction of sp³-hybridized carbons (Fsp3) is 0.231. The van der Waals surface area contributed by atoms with Crippen LogP contribution >= 0.6 is 0 Å². The Morgan fingerprint density at radius 3 is 2.41 bits per heavy atom. The number of carbonyl (C=O) groups is 2. The normalized spacial score (nSPS) is 13.1. The van der Waals surface area contributed by atoms with Crippen LogP contribution in [0.5, 0.6) is 5.75 Å². The molecule has 0 unspecified atom stereocenters. The number of likely N-dealkylation sites (tertiary alicyclic amines) is 1. The summed E-state index contributed by atoms with van der Waals surface area (Å²) >= 11 is 0. The molecule has 0 spiro atoms. The highest BCUT2D eigenvalue weighted by Crippen LogP contribution is 2.24. The third-order valence-corrected chi connectivity index (χ3v) is 5.55. The molecular formula is C26H25F2N3O3. The van der Waals surface area contributed by atoms with Crippen molar-refractivity contribution in [1.29, 1.82) is 0 Å². The second-order valence-electron chi connectivity index (χ2n) is 7.96. The van der Waals surface area contributed by atoms with Crippen LogP contribution in [0.4, 0.5) is 20.2 Å². The summed E-state index contributed by atoms with van der Waals surface area (Å²) < 4.78 is 29.0. The Balaban J connectivity index is 1.40. The number of halogens is 2. The summed E-state index contributed by atoms with van der Waals surface area (Å²) in [5, 5.41) is 6.03. The first kappa shape index (κ1) is 23.2. The molecule has 1 fully saturated rings. The molecule has 0 atom stereocenters. The Kier molecular flexibility index (Phi) is 7.37. The number of amides is 2. The molecule has 2 N–H and O–H groups in total. The van der Waals surface area contributed by atoms with Gasteiger partial charge in [-0.15, -0.1) is 0 Å². The maximum atomic E-state index is 12.9. The van der Waals surface area contributed by atoms with Gasteiger partial charge >= 0.3 is 6.61 Å². The van der Waals surface area contributed by atoms with Gasteiger partial charge in [0.2, 0.25) is 0 Å². The molecule has 0 bridgehead atoms. The van der Waals surface area contributed by atoms with E-state index >= 15 is 0 Å². The number of alkyl halides is 2. The number of rotatable bonds is 8. The van der Waals surface area contributed by atoms with Gasteiger partial charge in [0.05, 0.1) is 11.3 Å².